The third-order valence-electron chi connectivity index (χ3n) is 3.63. The summed E-state index contributed by atoms with van der Waals surface area (Å²) in [5, 5.41) is 10.7. The van der Waals surface area contributed by atoms with Crippen molar-refractivity contribution in [2.75, 3.05) is 0 Å². The van der Waals surface area contributed by atoms with Gasteiger partial charge in [0, 0.05) is 5.56 Å². The number of hydrogen-bond donors (Lipinski definition) is 1. The highest BCUT2D eigenvalue weighted by atomic mass is 32.2. The normalized spacial score (nSPS) is 18.8. The number of amides is 1. The summed E-state index contributed by atoms with van der Waals surface area (Å²) < 4.78 is 30.2. The fraction of sp³-hybridized carbons (Fsp3) is 0.167. The number of nitrogens with one attached hydrogen (secondary N) is 1. The fourth-order valence-electron chi connectivity index (χ4n) is 2.25. The van der Waals surface area contributed by atoms with Crippen LogP contribution in [0, 0.1) is 6.92 Å². The molecule has 7 nitrogen and oxygen atoms in total. The number of nitrogens with zero attached hydrogens (tertiary/aromatic N) is 2. The van der Waals surface area contributed by atoms with E-state index in [9.17, 15) is 13.2 Å². The summed E-state index contributed by atoms with van der Waals surface area (Å²) >= 11 is 1.27. The number of benzene rings is 2. The number of aryl methyl sites for hydroxylation is 1. The summed E-state index contributed by atoms with van der Waals surface area (Å²) in [6.45, 7) is 3.64. The van der Waals surface area contributed by atoms with E-state index in [0.29, 0.717) is 10.7 Å². The smallest absolute Gasteiger partial charge is 0.339 e. The van der Waals surface area contributed by atoms with Crippen LogP contribution in [0.4, 0.5) is 0 Å². The second kappa shape index (κ2) is 7.93. The van der Waals surface area contributed by atoms with Crippen LogP contribution >= 0.6 is 11.8 Å². The molecule has 2 aromatic carbocycles. The first kappa shape index (κ1) is 19.1. The maximum atomic E-state index is 12.4. The molecule has 1 unspecified atom stereocenters. The van der Waals surface area contributed by atoms with Crippen LogP contribution < -0.4 is 9.50 Å². The van der Waals surface area contributed by atoms with E-state index in [1.807, 2.05) is 6.92 Å². The van der Waals surface area contributed by atoms with E-state index < -0.39 is 10.1 Å². The zero-order valence-corrected chi connectivity index (χ0v) is 16.3. The van der Waals surface area contributed by atoms with Crippen molar-refractivity contribution in [2.24, 2.45) is 10.2 Å². The maximum absolute atomic E-state index is 12.4. The van der Waals surface area contributed by atoms with Gasteiger partial charge in [-0.2, -0.15) is 13.5 Å². The predicted octanol–water partition coefficient (Wildman–Crippen LogP) is 2.70. The lowest BCUT2D eigenvalue weighted by Crippen LogP contribution is -2.23. The monoisotopic (exact) mass is 403 g/mol. The zero-order valence-electron chi connectivity index (χ0n) is 14.6. The van der Waals surface area contributed by atoms with Crippen molar-refractivity contribution in [2.45, 2.75) is 24.0 Å². The summed E-state index contributed by atoms with van der Waals surface area (Å²) in [4.78, 5) is 11.5. The molecule has 1 aliphatic rings. The molecule has 1 N–H and O–H groups in total. The molecule has 0 radical (unpaired) electrons. The largest absolute Gasteiger partial charge is 0.378 e. The van der Waals surface area contributed by atoms with E-state index in [1.54, 1.807) is 43.3 Å². The number of hydrogen-bond acceptors (Lipinski definition) is 7. The van der Waals surface area contributed by atoms with Gasteiger partial charge in [0.15, 0.2) is 10.9 Å². The third-order valence-corrected chi connectivity index (χ3v) is 5.85. The average molecular weight is 403 g/mol. The lowest BCUT2D eigenvalue weighted by Gasteiger charge is -2.09. The molecule has 1 fully saturated rings. The molecular weight excluding hydrogens is 386 g/mol. The van der Waals surface area contributed by atoms with E-state index in [4.69, 9.17) is 4.18 Å². The van der Waals surface area contributed by atoms with Crippen LogP contribution in [-0.2, 0) is 14.9 Å². The van der Waals surface area contributed by atoms with Gasteiger partial charge in [-0.05, 0) is 38.1 Å². The molecule has 0 aromatic heterocycles. The molecule has 1 atom stereocenters. The molecule has 0 bridgehead atoms. The van der Waals surface area contributed by atoms with Gasteiger partial charge < -0.3 is 9.50 Å². The summed E-state index contributed by atoms with van der Waals surface area (Å²) in [5.41, 5.74) is 1.37. The summed E-state index contributed by atoms with van der Waals surface area (Å²) in [7, 11) is -3.96. The molecule has 0 saturated carbocycles. The van der Waals surface area contributed by atoms with Crippen LogP contribution in [-0.4, -0.2) is 31.0 Å². The fourth-order valence-corrected chi connectivity index (χ4v) is 3.98. The van der Waals surface area contributed by atoms with Gasteiger partial charge in [0.05, 0.1) is 11.5 Å². The first-order valence-corrected chi connectivity index (χ1v) is 10.3. The molecule has 3 rings (SSSR count). The minimum atomic E-state index is -3.96. The van der Waals surface area contributed by atoms with Gasteiger partial charge in [-0.25, -0.2) is 0 Å². The molecule has 1 heterocycles. The molecule has 1 aliphatic heterocycles. The van der Waals surface area contributed by atoms with Gasteiger partial charge in [-0.15, -0.1) is 5.10 Å². The first-order valence-electron chi connectivity index (χ1n) is 8.04. The molecule has 1 saturated heterocycles. The van der Waals surface area contributed by atoms with Crippen LogP contribution in [0.3, 0.4) is 0 Å². The van der Waals surface area contributed by atoms with Crippen molar-refractivity contribution in [3.63, 3.8) is 0 Å². The Bertz CT molecular complexity index is 1020. The Morgan fingerprint density at radius 3 is 2.59 bits per heavy atom. The van der Waals surface area contributed by atoms with Crippen LogP contribution in [0.1, 0.15) is 18.1 Å². The van der Waals surface area contributed by atoms with E-state index in [2.05, 4.69) is 15.5 Å². The lowest BCUT2D eigenvalue weighted by molar-refractivity contribution is -0.118. The van der Waals surface area contributed by atoms with Crippen molar-refractivity contribution in [3.05, 3.63) is 59.7 Å². The Hall–Kier alpha value is -2.65. The molecule has 9 heteroatoms. The Labute approximate surface area is 161 Å². The average Bonchev–Trinajstić information content (AvgIpc) is 2.96. The standard InChI is InChI=1S/C18H17N3O4S2/c1-12-8-9-16(25-27(23,24)15-6-4-3-5-7-15)14(10-12)11-19-21-18-20-17(22)13(2)26-18/h3-11,13H,1-2H3,(H,20,21,22). The van der Waals surface area contributed by atoms with Crippen molar-refractivity contribution >= 4 is 39.2 Å². The van der Waals surface area contributed by atoms with Gasteiger partial charge in [0.1, 0.15) is 4.90 Å². The molecular formula is C18H17N3O4S2. The second-order valence-electron chi connectivity index (χ2n) is 5.79. The summed E-state index contributed by atoms with van der Waals surface area (Å²) in [6, 6.07) is 12.9. The third kappa shape index (κ3) is 4.75. The van der Waals surface area contributed by atoms with Gasteiger partial charge in [-0.1, -0.05) is 41.6 Å². The number of rotatable bonds is 5. The molecule has 0 spiro atoms. The summed E-state index contributed by atoms with van der Waals surface area (Å²) in [5.74, 6) is 0.0207. The van der Waals surface area contributed by atoms with Gasteiger partial charge in [0.25, 0.3) is 0 Å². The second-order valence-corrected chi connectivity index (χ2v) is 8.67. The van der Waals surface area contributed by atoms with Crippen molar-refractivity contribution in [1.82, 2.24) is 5.32 Å². The Morgan fingerprint density at radius 2 is 1.93 bits per heavy atom. The highest BCUT2D eigenvalue weighted by Gasteiger charge is 2.25. The minimum Gasteiger partial charge on any atom is -0.378 e. The van der Waals surface area contributed by atoms with Crippen molar-refractivity contribution in [1.29, 1.82) is 0 Å². The summed E-state index contributed by atoms with van der Waals surface area (Å²) in [6.07, 6.45) is 1.39. The van der Waals surface area contributed by atoms with Crippen molar-refractivity contribution < 1.29 is 17.4 Å². The predicted molar refractivity (Wildman–Crippen MR) is 106 cm³/mol. The zero-order chi connectivity index (χ0) is 19.4. The van der Waals surface area contributed by atoms with E-state index in [1.165, 1.54) is 30.1 Å². The Kier molecular flexibility index (Phi) is 5.62. The number of carbonyl (C=O) groups excluding carboxylic acids is 1. The highest BCUT2D eigenvalue weighted by Crippen LogP contribution is 2.23. The Morgan fingerprint density at radius 1 is 1.19 bits per heavy atom. The van der Waals surface area contributed by atoms with E-state index in [-0.39, 0.29) is 21.8 Å². The SMILES string of the molecule is Cc1ccc(OS(=O)(=O)c2ccccc2)c(C=NN=C2NC(=O)C(C)S2)c1. The van der Waals surface area contributed by atoms with Crippen LogP contribution in [0.15, 0.2) is 63.6 Å². The minimum absolute atomic E-state index is 0.0627. The Balaban J connectivity index is 1.85. The van der Waals surface area contributed by atoms with Gasteiger partial charge in [-0.3, -0.25) is 4.79 Å². The topological polar surface area (TPSA) is 97.2 Å². The van der Waals surface area contributed by atoms with Crippen molar-refractivity contribution in [3.8, 4) is 5.75 Å². The molecule has 27 heavy (non-hydrogen) atoms. The van der Waals surface area contributed by atoms with Crippen LogP contribution in [0.25, 0.3) is 0 Å². The number of carbonyl (C=O) groups is 1. The van der Waals surface area contributed by atoms with Crippen LogP contribution in [0.2, 0.25) is 0 Å². The van der Waals surface area contributed by atoms with Gasteiger partial charge in [0.2, 0.25) is 5.91 Å². The molecule has 2 aromatic rings. The van der Waals surface area contributed by atoms with Gasteiger partial charge >= 0.3 is 10.1 Å². The number of thioether (sulfide) groups is 1. The maximum Gasteiger partial charge on any atom is 0.339 e. The highest BCUT2D eigenvalue weighted by molar-refractivity contribution is 8.15. The molecule has 1 amide bonds. The lowest BCUT2D eigenvalue weighted by atomic mass is 10.1. The number of amidine groups is 1. The molecule has 0 aliphatic carbocycles. The van der Waals surface area contributed by atoms with Crippen LogP contribution in [0.5, 0.6) is 5.75 Å². The quantitative estimate of drug-likeness (QED) is 0.470. The first-order chi connectivity index (χ1) is 12.8. The van der Waals surface area contributed by atoms with E-state index in [0.717, 1.165) is 5.56 Å². The van der Waals surface area contributed by atoms with E-state index >= 15 is 0 Å². The molecule has 140 valence electrons.